The maximum atomic E-state index is 10.8. The van der Waals surface area contributed by atoms with E-state index >= 15 is 0 Å². The number of rotatable bonds is 4. The van der Waals surface area contributed by atoms with E-state index in [0.717, 1.165) is 15.4 Å². The van der Waals surface area contributed by atoms with Gasteiger partial charge < -0.3 is 14.8 Å². The maximum absolute atomic E-state index is 10.8. The van der Waals surface area contributed by atoms with Gasteiger partial charge in [0.1, 0.15) is 5.75 Å². The number of hydrogen-bond acceptors (Lipinski definition) is 2. The van der Waals surface area contributed by atoms with Crippen molar-refractivity contribution < 1.29 is 14.6 Å². The summed E-state index contributed by atoms with van der Waals surface area (Å²) in [5.41, 5.74) is 1.49. The van der Waals surface area contributed by atoms with Crippen LogP contribution in [0, 0.1) is 0 Å². The van der Waals surface area contributed by atoms with E-state index < -0.39 is 5.97 Å². The van der Waals surface area contributed by atoms with E-state index in [1.807, 2.05) is 25.1 Å². The van der Waals surface area contributed by atoms with Gasteiger partial charge in [-0.3, -0.25) is 4.79 Å². The van der Waals surface area contributed by atoms with Crippen LogP contribution in [0.2, 0.25) is 0 Å². The van der Waals surface area contributed by atoms with Gasteiger partial charge in [0.05, 0.1) is 18.7 Å². The van der Waals surface area contributed by atoms with Crippen LogP contribution in [0.4, 0.5) is 0 Å². The molecule has 0 fully saturated rings. The van der Waals surface area contributed by atoms with Crippen LogP contribution < -0.4 is 4.74 Å². The Kier molecular flexibility index (Phi) is 3.38. The highest BCUT2D eigenvalue weighted by molar-refractivity contribution is 9.10. The summed E-state index contributed by atoms with van der Waals surface area (Å²) in [6, 6.07) is 5.72. The van der Waals surface area contributed by atoms with E-state index in [4.69, 9.17) is 9.84 Å². The topological polar surface area (TPSA) is 62.3 Å². The van der Waals surface area contributed by atoms with Crippen molar-refractivity contribution in [2.75, 3.05) is 6.61 Å². The number of nitrogens with one attached hydrogen (secondary N) is 1. The Bertz CT molecular complexity index is 562. The van der Waals surface area contributed by atoms with E-state index in [9.17, 15) is 4.79 Å². The molecule has 0 amide bonds. The van der Waals surface area contributed by atoms with Crippen molar-refractivity contribution in [2.45, 2.75) is 13.3 Å². The Hall–Kier alpha value is -1.49. The minimum atomic E-state index is -0.878. The molecule has 0 atom stereocenters. The van der Waals surface area contributed by atoms with Crippen molar-refractivity contribution in [1.29, 1.82) is 0 Å². The lowest BCUT2D eigenvalue weighted by Gasteiger charge is -2.03. The van der Waals surface area contributed by atoms with Crippen LogP contribution in [0.15, 0.2) is 22.7 Å². The lowest BCUT2D eigenvalue weighted by atomic mass is 10.2. The van der Waals surface area contributed by atoms with Gasteiger partial charge in [0.2, 0.25) is 0 Å². The van der Waals surface area contributed by atoms with Crippen LogP contribution >= 0.6 is 15.9 Å². The highest BCUT2D eigenvalue weighted by atomic mass is 79.9. The SMILES string of the molecule is CCOc1c(CC(=O)O)[nH]c2ccc(Br)cc12. The van der Waals surface area contributed by atoms with E-state index in [1.165, 1.54) is 0 Å². The van der Waals surface area contributed by atoms with E-state index in [2.05, 4.69) is 20.9 Å². The summed E-state index contributed by atoms with van der Waals surface area (Å²) in [6.07, 6.45) is -0.0678. The van der Waals surface area contributed by atoms with Crippen LogP contribution in [0.25, 0.3) is 10.9 Å². The van der Waals surface area contributed by atoms with Gasteiger partial charge in [0.25, 0.3) is 0 Å². The van der Waals surface area contributed by atoms with Crippen LogP contribution in [-0.2, 0) is 11.2 Å². The monoisotopic (exact) mass is 297 g/mol. The summed E-state index contributed by atoms with van der Waals surface area (Å²) in [5.74, 6) is -0.247. The number of hydrogen-bond donors (Lipinski definition) is 2. The lowest BCUT2D eigenvalue weighted by molar-refractivity contribution is -0.136. The van der Waals surface area contributed by atoms with Gasteiger partial charge in [0.15, 0.2) is 0 Å². The highest BCUT2D eigenvalue weighted by Gasteiger charge is 2.15. The number of halogens is 1. The molecule has 2 rings (SSSR count). The Labute approximate surface area is 107 Å². The predicted molar refractivity (Wildman–Crippen MR) is 68.5 cm³/mol. The van der Waals surface area contributed by atoms with Crippen LogP contribution in [0.5, 0.6) is 5.75 Å². The molecule has 5 heteroatoms. The standard InChI is InChI=1S/C12H12BrNO3/c1-2-17-12-8-5-7(13)3-4-9(8)14-10(12)6-11(15)16/h3-5,14H,2,6H2,1H3,(H,15,16). The molecule has 1 aromatic heterocycles. The number of carboxylic acids is 1. The summed E-state index contributed by atoms with van der Waals surface area (Å²) in [4.78, 5) is 13.9. The predicted octanol–water partition coefficient (Wildman–Crippen LogP) is 2.96. The molecule has 0 aliphatic heterocycles. The number of ether oxygens (including phenoxy) is 1. The van der Waals surface area contributed by atoms with E-state index in [0.29, 0.717) is 18.1 Å². The third-order valence-electron chi connectivity index (χ3n) is 2.40. The maximum Gasteiger partial charge on any atom is 0.309 e. The average Bonchev–Trinajstić information content (AvgIpc) is 2.57. The van der Waals surface area contributed by atoms with E-state index in [-0.39, 0.29) is 6.42 Å². The first kappa shape index (κ1) is 12.0. The van der Waals surface area contributed by atoms with Crippen LogP contribution in [0.1, 0.15) is 12.6 Å². The highest BCUT2D eigenvalue weighted by Crippen LogP contribution is 2.32. The molecular weight excluding hydrogens is 286 g/mol. The summed E-state index contributed by atoms with van der Waals surface area (Å²) < 4.78 is 6.47. The number of carbonyl (C=O) groups is 1. The minimum absolute atomic E-state index is 0.0678. The van der Waals surface area contributed by atoms with Gasteiger partial charge in [-0.05, 0) is 25.1 Å². The van der Waals surface area contributed by atoms with Crippen molar-refractivity contribution in [1.82, 2.24) is 4.98 Å². The Morgan fingerprint density at radius 1 is 1.53 bits per heavy atom. The lowest BCUT2D eigenvalue weighted by Crippen LogP contribution is -2.03. The summed E-state index contributed by atoms with van der Waals surface area (Å²) in [7, 11) is 0. The quantitative estimate of drug-likeness (QED) is 0.912. The summed E-state index contributed by atoms with van der Waals surface area (Å²) in [6.45, 7) is 2.38. The van der Waals surface area contributed by atoms with Gasteiger partial charge in [-0.1, -0.05) is 15.9 Å². The fourth-order valence-corrected chi connectivity index (χ4v) is 2.14. The molecule has 0 radical (unpaired) electrons. The molecule has 2 N–H and O–H groups in total. The van der Waals surface area contributed by atoms with Crippen molar-refractivity contribution in [3.63, 3.8) is 0 Å². The molecule has 4 nitrogen and oxygen atoms in total. The first-order valence-corrected chi connectivity index (χ1v) is 6.05. The third kappa shape index (κ3) is 2.44. The minimum Gasteiger partial charge on any atom is -0.491 e. The number of H-pyrrole nitrogens is 1. The molecule has 0 aliphatic rings. The molecule has 0 saturated carbocycles. The van der Waals surface area contributed by atoms with E-state index in [1.54, 1.807) is 0 Å². The molecule has 2 aromatic rings. The molecule has 0 bridgehead atoms. The Morgan fingerprint density at radius 2 is 2.29 bits per heavy atom. The molecule has 0 saturated heterocycles. The Morgan fingerprint density at radius 3 is 2.94 bits per heavy atom. The number of aliphatic carboxylic acids is 1. The van der Waals surface area contributed by atoms with Gasteiger partial charge in [-0.2, -0.15) is 0 Å². The number of benzene rings is 1. The smallest absolute Gasteiger partial charge is 0.309 e. The first-order chi connectivity index (χ1) is 8.11. The van der Waals surface area contributed by atoms with Crippen molar-refractivity contribution >= 4 is 32.8 Å². The normalized spacial score (nSPS) is 10.7. The van der Waals surface area contributed by atoms with Gasteiger partial charge in [0, 0.05) is 15.4 Å². The summed E-state index contributed by atoms with van der Waals surface area (Å²) >= 11 is 3.39. The average molecular weight is 298 g/mol. The van der Waals surface area contributed by atoms with Gasteiger partial charge in [-0.15, -0.1) is 0 Å². The fraction of sp³-hybridized carbons (Fsp3) is 0.250. The zero-order chi connectivity index (χ0) is 12.4. The number of aromatic amines is 1. The molecule has 1 heterocycles. The van der Waals surface area contributed by atoms with Crippen molar-refractivity contribution in [3.8, 4) is 5.75 Å². The molecule has 0 spiro atoms. The first-order valence-electron chi connectivity index (χ1n) is 5.26. The molecule has 17 heavy (non-hydrogen) atoms. The fourth-order valence-electron chi connectivity index (χ4n) is 1.78. The Balaban J connectivity index is 2.58. The largest absolute Gasteiger partial charge is 0.491 e. The molecule has 0 aliphatic carbocycles. The van der Waals surface area contributed by atoms with Crippen LogP contribution in [-0.4, -0.2) is 22.7 Å². The van der Waals surface area contributed by atoms with Crippen molar-refractivity contribution in [2.24, 2.45) is 0 Å². The van der Waals surface area contributed by atoms with Crippen LogP contribution in [0.3, 0.4) is 0 Å². The molecule has 0 unspecified atom stereocenters. The second-order valence-corrected chi connectivity index (χ2v) is 4.54. The number of aromatic nitrogens is 1. The summed E-state index contributed by atoms with van der Waals surface area (Å²) in [5, 5.41) is 9.75. The van der Waals surface area contributed by atoms with Gasteiger partial charge >= 0.3 is 5.97 Å². The third-order valence-corrected chi connectivity index (χ3v) is 2.90. The second kappa shape index (κ2) is 4.79. The zero-order valence-corrected chi connectivity index (χ0v) is 10.9. The van der Waals surface area contributed by atoms with Gasteiger partial charge in [-0.25, -0.2) is 0 Å². The molecular formula is C12H12BrNO3. The molecule has 90 valence electrons. The number of fused-ring (bicyclic) bond motifs is 1. The molecule has 1 aromatic carbocycles. The van der Waals surface area contributed by atoms with Crippen molar-refractivity contribution in [3.05, 3.63) is 28.4 Å². The second-order valence-electron chi connectivity index (χ2n) is 3.63. The zero-order valence-electron chi connectivity index (χ0n) is 9.29. The number of carboxylic acid groups (broad SMARTS) is 1.